The average Bonchev–Trinajstić information content (AvgIpc) is 2.28. The monoisotopic (exact) mass is 204 g/mol. The molecule has 0 bridgehead atoms. The molecule has 1 aromatic rings. The van der Waals surface area contributed by atoms with Crippen molar-refractivity contribution in [2.75, 3.05) is 6.61 Å². The van der Waals surface area contributed by atoms with Crippen molar-refractivity contribution in [2.45, 2.75) is 20.3 Å². The second kappa shape index (κ2) is 3.69. The van der Waals surface area contributed by atoms with Gasteiger partial charge in [-0.1, -0.05) is 32.0 Å². The minimum atomic E-state index is -0.298. The van der Waals surface area contributed by atoms with E-state index in [0.717, 1.165) is 18.5 Å². The highest BCUT2D eigenvalue weighted by Gasteiger charge is 2.33. The Kier molecular flexibility index (Phi) is 2.51. The zero-order chi connectivity index (χ0) is 10.9. The molecule has 1 aliphatic heterocycles. The highest BCUT2D eigenvalue weighted by atomic mass is 16.5. The van der Waals surface area contributed by atoms with Gasteiger partial charge in [-0.15, -0.1) is 0 Å². The van der Waals surface area contributed by atoms with E-state index in [1.54, 1.807) is 0 Å². The molecular weight excluding hydrogens is 188 g/mol. The van der Waals surface area contributed by atoms with Crippen LogP contribution in [0.4, 0.5) is 0 Å². The smallest absolute Gasteiger partial charge is 0.126 e. The Morgan fingerprint density at radius 3 is 2.87 bits per heavy atom. The Morgan fingerprint density at radius 2 is 2.13 bits per heavy atom. The van der Waals surface area contributed by atoms with Crippen molar-refractivity contribution in [3.8, 4) is 5.75 Å². The topological polar surface area (TPSA) is 26.3 Å². The second-order valence-corrected chi connectivity index (χ2v) is 4.76. The number of hydrogen-bond donors (Lipinski definition) is 0. The van der Waals surface area contributed by atoms with Crippen LogP contribution in [0.25, 0.3) is 0 Å². The lowest BCUT2D eigenvalue weighted by Crippen LogP contribution is -2.34. The van der Waals surface area contributed by atoms with Crippen LogP contribution in [0.5, 0.6) is 5.75 Å². The Morgan fingerprint density at radius 1 is 1.40 bits per heavy atom. The van der Waals surface area contributed by atoms with Gasteiger partial charge in [-0.25, -0.2) is 0 Å². The SMILES string of the molecule is CC(C)(C=O)C1COc2ccccc2C1. The third kappa shape index (κ3) is 1.89. The molecule has 2 nitrogen and oxygen atoms in total. The fourth-order valence-electron chi connectivity index (χ4n) is 1.90. The molecule has 0 amide bonds. The van der Waals surface area contributed by atoms with Crippen LogP contribution in [0.15, 0.2) is 24.3 Å². The van der Waals surface area contributed by atoms with E-state index in [1.807, 2.05) is 32.0 Å². The summed E-state index contributed by atoms with van der Waals surface area (Å²) in [5.41, 5.74) is 0.914. The van der Waals surface area contributed by atoms with Gasteiger partial charge < -0.3 is 9.53 Å². The number of hydrogen-bond acceptors (Lipinski definition) is 2. The van der Waals surface area contributed by atoms with Crippen LogP contribution in [-0.4, -0.2) is 12.9 Å². The Bertz CT molecular complexity index is 369. The molecule has 0 aliphatic carbocycles. The molecule has 0 N–H and O–H groups in total. The lowest BCUT2D eigenvalue weighted by Gasteiger charge is -2.33. The van der Waals surface area contributed by atoms with Gasteiger partial charge in [0.05, 0.1) is 6.61 Å². The van der Waals surface area contributed by atoms with Crippen molar-refractivity contribution >= 4 is 6.29 Å². The van der Waals surface area contributed by atoms with E-state index in [0.29, 0.717) is 6.61 Å². The fourth-order valence-corrected chi connectivity index (χ4v) is 1.90. The van der Waals surface area contributed by atoms with Gasteiger partial charge in [0.1, 0.15) is 12.0 Å². The number of rotatable bonds is 2. The van der Waals surface area contributed by atoms with E-state index >= 15 is 0 Å². The Balaban J connectivity index is 2.22. The molecule has 1 heterocycles. The molecule has 15 heavy (non-hydrogen) atoms. The molecule has 2 heteroatoms. The van der Waals surface area contributed by atoms with Gasteiger partial charge >= 0.3 is 0 Å². The maximum Gasteiger partial charge on any atom is 0.126 e. The average molecular weight is 204 g/mol. The fraction of sp³-hybridized carbons (Fsp3) is 0.462. The first-order chi connectivity index (χ1) is 7.13. The third-order valence-corrected chi connectivity index (χ3v) is 3.23. The van der Waals surface area contributed by atoms with Crippen LogP contribution in [0.1, 0.15) is 19.4 Å². The maximum absolute atomic E-state index is 11.0. The molecule has 0 saturated carbocycles. The Labute approximate surface area is 90.3 Å². The van der Waals surface area contributed by atoms with Gasteiger partial charge in [0.2, 0.25) is 0 Å². The van der Waals surface area contributed by atoms with Crippen LogP contribution < -0.4 is 4.74 Å². The summed E-state index contributed by atoms with van der Waals surface area (Å²) in [6.45, 7) is 4.59. The number of fused-ring (bicyclic) bond motifs is 1. The van der Waals surface area contributed by atoms with Crippen LogP contribution in [0.2, 0.25) is 0 Å². The van der Waals surface area contributed by atoms with Crippen LogP contribution in [0, 0.1) is 11.3 Å². The normalized spacial score (nSPS) is 20.3. The van der Waals surface area contributed by atoms with Gasteiger partial charge in [-0.3, -0.25) is 0 Å². The van der Waals surface area contributed by atoms with Crippen LogP contribution in [-0.2, 0) is 11.2 Å². The van der Waals surface area contributed by atoms with Crippen LogP contribution in [0.3, 0.4) is 0 Å². The van der Waals surface area contributed by atoms with E-state index < -0.39 is 0 Å². The molecule has 1 aromatic carbocycles. The number of ether oxygens (including phenoxy) is 1. The molecule has 1 aliphatic rings. The van der Waals surface area contributed by atoms with Crippen molar-refractivity contribution in [2.24, 2.45) is 11.3 Å². The summed E-state index contributed by atoms with van der Waals surface area (Å²) in [6, 6.07) is 8.05. The first-order valence-electron chi connectivity index (χ1n) is 5.30. The van der Waals surface area contributed by atoms with E-state index in [4.69, 9.17) is 4.74 Å². The van der Waals surface area contributed by atoms with Gasteiger partial charge in [0, 0.05) is 11.3 Å². The summed E-state index contributed by atoms with van der Waals surface area (Å²) < 4.78 is 5.67. The predicted octanol–water partition coefficient (Wildman–Crippen LogP) is 2.46. The lowest BCUT2D eigenvalue weighted by atomic mass is 9.76. The van der Waals surface area contributed by atoms with E-state index in [9.17, 15) is 4.79 Å². The Hall–Kier alpha value is -1.31. The van der Waals surface area contributed by atoms with E-state index in [-0.39, 0.29) is 11.3 Å². The predicted molar refractivity (Wildman–Crippen MR) is 59.0 cm³/mol. The molecule has 0 fully saturated rings. The van der Waals surface area contributed by atoms with Crippen molar-refractivity contribution < 1.29 is 9.53 Å². The second-order valence-electron chi connectivity index (χ2n) is 4.76. The number of carbonyl (C=O) groups is 1. The number of para-hydroxylation sites is 1. The minimum absolute atomic E-state index is 0.282. The summed E-state index contributed by atoms with van der Waals surface area (Å²) in [5.74, 6) is 1.25. The summed E-state index contributed by atoms with van der Waals surface area (Å²) in [5, 5.41) is 0. The van der Waals surface area contributed by atoms with Crippen LogP contribution >= 0.6 is 0 Å². The lowest BCUT2D eigenvalue weighted by molar-refractivity contribution is -0.118. The largest absolute Gasteiger partial charge is 0.493 e. The molecule has 0 saturated heterocycles. The van der Waals surface area contributed by atoms with Crippen molar-refractivity contribution in [1.82, 2.24) is 0 Å². The molecule has 2 rings (SSSR count). The highest BCUT2D eigenvalue weighted by Crippen LogP contribution is 2.35. The third-order valence-electron chi connectivity index (χ3n) is 3.23. The van der Waals surface area contributed by atoms with Gasteiger partial charge in [0.25, 0.3) is 0 Å². The zero-order valence-corrected chi connectivity index (χ0v) is 9.19. The summed E-state index contributed by atoms with van der Waals surface area (Å²) in [4.78, 5) is 11.0. The molecule has 1 atom stereocenters. The van der Waals surface area contributed by atoms with Gasteiger partial charge in [-0.2, -0.15) is 0 Å². The van der Waals surface area contributed by atoms with Crippen molar-refractivity contribution in [1.29, 1.82) is 0 Å². The first-order valence-corrected chi connectivity index (χ1v) is 5.30. The minimum Gasteiger partial charge on any atom is -0.493 e. The van der Waals surface area contributed by atoms with Crippen molar-refractivity contribution in [3.63, 3.8) is 0 Å². The number of carbonyl (C=O) groups excluding carboxylic acids is 1. The molecule has 1 unspecified atom stereocenters. The zero-order valence-electron chi connectivity index (χ0n) is 9.19. The first kappa shape index (κ1) is 10.2. The standard InChI is InChI=1S/C13H16O2/c1-13(2,9-14)11-7-10-5-3-4-6-12(10)15-8-11/h3-6,9,11H,7-8H2,1-2H3. The van der Waals surface area contributed by atoms with Crippen molar-refractivity contribution in [3.05, 3.63) is 29.8 Å². The number of aldehydes is 1. The molecule has 0 aromatic heterocycles. The quantitative estimate of drug-likeness (QED) is 0.692. The summed E-state index contributed by atoms with van der Waals surface area (Å²) in [6.07, 6.45) is 1.97. The van der Waals surface area contributed by atoms with Gasteiger partial charge in [0.15, 0.2) is 0 Å². The maximum atomic E-state index is 11.0. The van der Waals surface area contributed by atoms with E-state index in [2.05, 4.69) is 6.07 Å². The molecule has 0 radical (unpaired) electrons. The van der Waals surface area contributed by atoms with Gasteiger partial charge in [-0.05, 0) is 18.1 Å². The summed E-state index contributed by atoms with van der Waals surface area (Å²) >= 11 is 0. The van der Waals surface area contributed by atoms with E-state index in [1.165, 1.54) is 5.56 Å². The molecular formula is C13H16O2. The molecule has 80 valence electrons. The highest BCUT2D eigenvalue weighted by molar-refractivity contribution is 5.59. The number of benzene rings is 1. The summed E-state index contributed by atoms with van der Waals surface area (Å²) in [7, 11) is 0. The molecule has 0 spiro atoms.